The zero-order valence-corrected chi connectivity index (χ0v) is 14.9. The molecule has 3 N–H and O–H groups in total. The fraction of sp³-hybridized carbons (Fsp3) is 0.368. The lowest BCUT2D eigenvalue weighted by molar-refractivity contribution is 0.0354. The van der Waals surface area contributed by atoms with Crippen LogP contribution in [0.2, 0.25) is 0 Å². The first-order valence-corrected chi connectivity index (χ1v) is 8.42. The SMILES string of the molecule is CCC(O)(CC)CNC(=O)Nc1ccc(Oc2ccc(C)cc2)nc1. The molecule has 0 aliphatic heterocycles. The molecule has 0 saturated heterocycles. The Morgan fingerprint density at radius 3 is 2.40 bits per heavy atom. The van der Waals surface area contributed by atoms with Crippen molar-refractivity contribution in [2.75, 3.05) is 11.9 Å². The predicted molar refractivity (Wildman–Crippen MR) is 98.0 cm³/mol. The summed E-state index contributed by atoms with van der Waals surface area (Å²) in [5.74, 6) is 1.15. The van der Waals surface area contributed by atoms with E-state index in [2.05, 4.69) is 15.6 Å². The summed E-state index contributed by atoms with van der Waals surface area (Å²) in [6, 6.07) is 10.7. The molecule has 25 heavy (non-hydrogen) atoms. The quantitative estimate of drug-likeness (QED) is 0.713. The van der Waals surface area contributed by atoms with Crippen LogP contribution in [0.1, 0.15) is 32.3 Å². The number of pyridine rings is 1. The minimum absolute atomic E-state index is 0.202. The van der Waals surface area contributed by atoms with Crippen LogP contribution in [0.15, 0.2) is 42.6 Å². The van der Waals surface area contributed by atoms with Crippen molar-refractivity contribution in [1.29, 1.82) is 0 Å². The summed E-state index contributed by atoms with van der Waals surface area (Å²) >= 11 is 0. The van der Waals surface area contributed by atoms with E-state index in [1.807, 2.05) is 45.0 Å². The van der Waals surface area contributed by atoms with E-state index in [4.69, 9.17) is 4.74 Å². The lowest BCUT2D eigenvalue weighted by Gasteiger charge is -2.25. The molecule has 2 rings (SSSR count). The number of nitrogens with zero attached hydrogens (tertiary/aromatic N) is 1. The number of nitrogens with one attached hydrogen (secondary N) is 2. The number of benzene rings is 1. The average molecular weight is 343 g/mol. The van der Waals surface area contributed by atoms with E-state index >= 15 is 0 Å². The van der Waals surface area contributed by atoms with Gasteiger partial charge in [-0.15, -0.1) is 0 Å². The van der Waals surface area contributed by atoms with Gasteiger partial charge in [-0.25, -0.2) is 9.78 Å². The Bertz CT molecular complexity index is 680. The fourth-order valence-corrected chi connectivity index (χ4v) is 2.16. The number of carbonyl (C=O) groups excluding carboxylic acids is 1. The number of amides is 2. The van der Waals surface area contributed by atoms with Crippen LogP contribution in [0.4, 0.5) is 10.5 Å². The highest BCUT2D eigenvalue weighted by Crippen LogP contribution is 2.20. The highest BCUT2D eigenvalue weighted by molar-refractivity contribution is 5.89. The van der Waals surface area contributed by atoms with Gasteiger partial charge in [0.05, 0.1) is 17.5 Å². The van der Waals surface area contributed by atoms with Crippen molar-refractivity contribution in [3.8, 4) is 11.6 Å². The number of anilines is 1. The molecule has 2 amide bonds. The van der Waals surface area contributed by atoms with E-state index in [0.717, 1.165) is 5.56 Å². The summed E-state index contributed by atoms with van der Waals surface area (Å²) in [6.07, 6.45) is 2.68. The molecule has 6 nitrogen and oxygen atoms in total. The maximum absolute atomic E-state index is 11.9. The second-order valence-electron chi connectivity index (χ2n) is 6.04. The molecule has 0 atom stereocenters. The van der Waals surface area contributed by atoms with E-state index in [1.54, 1.807) is 12.1 Å². The Morgan fingerprint density at radius 2 is 1.84 bits per heavy atom. The zero-order chi connectivity index (χ0) is 18.3. The van der Waals surface area contributed by atoms with Crippen LogP contribution in [0.25, 0.3) is 0 Å². The van der Waals surface area contributed by atoms with Gasteiger partial charge < -0.3 is 20.5 Å². The molecule has 1 aromatic heterocycles. The van der Waals surface area contributed by atoms with Crippen molar-refractivity contribution >= 4 is 11.7 Å². The topological polar surface area (TPSA) is 83.5 Å². The molecule has 1 aromatic carbocycles. The van der Waals surface area contributed by atoms with Crippen LogP contribution in [0, 0.1) is 6.92 Å². The Morgan fingerprint density at radius 1 is 1.16 bits per heavy atom. The van der Waals surface area contributed by atoms with E-state index in [9.17, 15) is 9.90 Å². The highest BCUT2D eigenvalue weighted by atomic mass is 16.5. The third-order valence-electron chi connectivity index (χ3n) is 4.13. The number of hydrogen-bond acceptors (Lipinski definition) is 4. The minimum Gasteiger partial charge on any atom is -0.439 e. The van der Waals surface area contributed by atoms with Crippen molar-refractivity contribution in [2.24, 2.45) is 0 Å². The van der Waals surface area contributed by atoms with Gasteiger partial charge in [0.15, 0.2) is 0 Å². The monoisotopic (exact) mass is 343 g/mol. The second kappa shape index (κ2) is 8.48. The van der Waals surface area contributed by atoms with Gasteiger partial charge in [-0.05, 0) is 38.0 Å². The molecule has 6 heteroatoms. The van der Waals surface area contributed by atoms with Crippen molar-refractivity contribution in [3.05, 3.63) is 48.2 Å². The molecule has 1 heterocycles. The molecule has 0 saturated carbocycles. The largest absolute Gasteiger partial charge is 0.439 e. The smallest absolute Gasteiger partial charge is 0.319 e. The Labute approximate surface area is 148 Å². The summed E-state index contributed by atoms with van der Waals surface area (Å²) in [4.78, 5) is 16.1. The Hall–Kier alpha value is -2.60. The molecule has 2 aromatic rings. The van der Waals surface area contributed by atoms with Gasteiger partial charge in [0.2, 0.25) is 5.88 Å². The summed E-state index contributed by atoms with van der Waals surface area (Å²) in [5.41, 5.74) is 0.829. The summed E-state index contributed by atoms with van der Waals surface area (Å²) in [6.45, 7) is 5.99. The van der Waals surface area contributed by atoms with E-state index in [-0.39, 0.29) is 12.6 Å². The minimum atomic E-state index is -0.874. The maximum Gasteiger partial charge on any atom is 0.319 e. The first kappa shape index (κ1) is 18.7. The molecule has 0 aliphatic carbocycles. The molecule has 0 unspecified atom stereocenters. The molecule has 0 bridgehead atoms. The van der Waals surface area contributed by atoms with Gasteiger partial charge in [0.1, 0.15) is 5.75 Å². The van der Waals surface area contributed by atoms with Crippen molar-refractivity contribution in [2.45, 2.75) is 39.2 Å². The maximum atomic E-state index is 11.9. The van der Waals surface area contributed by atoms with E-state index in [1.165, 1.54) is 6.20 Å². The van der Waals surface area contributed by atoms with Crippen molar-refractivity contribution < 1.29 is 14.6 Å². The molecule has 0 radical (unpaired) electrons. The van der Waals surface area contributed by atoms with Crippen molar-refractivity contribution in [1.82, 2.24) is 10.3 Å². The number of aliphatic hydroxyl groups is 1. The van der Waals surface area contributed by atoms with Gasteiger partial charge in [-0.2, -0.15) is 0 Å². The second-order valence-corrected chi connectivity index (χ2v) is 6.04. The molecule has 0 spiro atoms. The molecular weight excluding hydrogens is 318 g/mol. The molecule has 0 aliphatic rings. The van der Waals surface area contributed by atoms with E-state index < -0.39 is 5.60 Å². The summed E-state index contributed by atoms with van der Waals surface area (Å²) in [7, 11) is 0. The van der Waals surface area contributed by atoms with Gasteiger partial charge >= 0.3 is 6.03 Å². The number of rotatable bonds is 7. The first-order chi connectivity index (χ1) is 11.9. The summed E-state index contributed by atoms with van der Waals surface area (Å²) < 4.78 is 5.64. The number of carbonyl (C=O) groups is 1. The van der Waals surface area contributed by atoms with Crippen LogP contribution < -0.4 is 15.4 Å². The van der Waals surface area contributed by atoms with Crippen molar-refractivity contribution in [3.63, 3.8) is 0 Å². The third kappa shape index (κ3) is 5.76. The van der Waals surface area contributed by atoms with Gasteiger partial charge in [0.25, 0.3) is 0 Å². The molecule has 0 fully saturated rings. The molecule has 134 valence electrons. The van der Waals surface area contributed by atoms with Gasteiger partial charge in [-0.3, -0.25) is 0 Å². The number of ether oxygens (including phenoxy) is 1. The first-order valence-electron chi connectivity index (χ1n) is 8.42. The van der Waals surface area contributed by atoms with E-state index in [0.29, 0.717) is 30.2 Å². The van der Waals surface area contributed by atoms with Crippen LogP contribution in [0.5, 0.6) is 11.6 Å². The van der Waals surface area contributed by atoms with Crippen LogP contribution in [0.3, 0.4) is 0 Å². The number of hydrogen-bond donors (Lipinski definition) is 3. The van der Waals surface area contributed by atoms with Gasteiger partial charge in [-0.1, -0.05) is 31.5 Å². The third-order valence-corrected chi connectivity index (χ3v) is 4.13. The number of urea groups is 1. The summed E-state index contributed by atoms with van der Waals surface area (Å²) in [5, 5.41) is 15.5. The lowest BCUT2D eigenvalue weighted by atomic mass is 9.98. The van der Waals surface area contributed by atoms with Crippen LogP contribution in [-0.2, 0) is 0 Å². The number of aryl methyl sites for hydroxylation is 1. The highest BCUT2D eigenvalue weighted by Gasteiger charge is 2.22. The predicted octanol–water partition coefficient (Wildman–Crippen LogP) is 3.85. The Balaban J connectivity index is 1.87. The Kier molecular flexibility index (Phi) is 6.36. The lowest BCUT2D eigenvalue weighted by Crippen LogP contribution is -2.43. The molecular formula is C19H25N3O3. The zero-order valence-electron chi connectivity index (χ0n) is 14.9. The van der Waals surface area contributed by atoms with Crippen LogP contribution >= 0.6 is 0 Å². The van der Waals surface area contributed by atoms with Gasteiger partial charge in [0, 0.05) is 12.6 Å². The standard InChI is InChI=1S/C19H25N3O3/c1-4-19(24,5-2)13-21-18(23)22-15-8-11-17(20-12-15)25-16-9-6-14(3)7-10-16/h6-12,24H,4-5,13H2,1-3H3,(H2,21,22,23). The average Bonchev–Trinajstić information content (AvgIpc) is 2.63. The fourth-order valence-electron chi connectivity index (χ4n) is 2.16. The number of aromatic nitrogens is 1. The van der Waals surface area contributed by atoms with Crippen LogP contribution in [-0.4, -0.2) is 28.3 Å². The normalized spacial score (nSPS) is 11.0.